The van der Waals surface area contributed by atoms with Gasteiger partial charge < -0.3 is 19.6 Å². The van der Waals surface area contributed by atoms with Crippen LogP contribution in [-0.2, 0) is 24.9 Å². The Bertz CT molecular complexity index is 1560. The summed E-state index contributed by atoms with van der Waals surface area (Å²) in [6.45, 7) is 8.15. The summed E-state index contributed by atoms with van der Waals surface area (Å²) >= 11 is 0. The third-order valence-corrected chi connectivity index (χ3v) is 8.35. The fraction of sp³-hybridized carbons (Fsp3) is 0.278. The van der Waals surface area contributed by atoms with Gasteiger partial charge in [0.25, 0.3) is 0 Å². The first-order valence-corrected chi connectivity index (χ1v) is 15.1. The molecule has 0 aliphatic carbocycles. The van der Waals surface area contributed by atoms with Gasteiger partial charge in [0.1, 0.15) is 11.5 Å². The molecule has 0 unspecified atom stereocenters. The molecule has 0 saturated heterocycles. The number of para-hydroxylation sites is 1. The molecule has 4 heterocycles. The molecule has 3 aliphatic heterocycles. The van der Waals surface area contributed by atoms with Gasteiger partial charge in [-0.15, -0.1) is 17.7 Å². The Morgan fingerprint density at radius 3 is 2.35 bits per heavy atom. The van der Waals surface area contributed by atoms with E-state index >= 15 is 0 Å². The third-order valence-electron chi connectivity index (χ3n) is 8.35. The molecule has 0 bridgehead atoms. The Kier molecular flexibility index (Phi) is 11.0. The molecule has 0 spiro atoms. The summed E-state index contributed by atoms with van der Waals surface area (Å²) in [5.41, 5.74) is 6.62. The molecule has 2 aromatic carbocycles. The van der Waals surface area contributed by atoms with Crippen LogP contribution in [0.4, 0.5) is 0 Å². The van der Waals surface area contributed by atoms with Crippen LogP contribution in [0.5, 0.6) is 11.5 Å². The fourth-order valence-electron chi connectivity index (χ4n) is 5.85. The Labute approximate surface area is 269 Å². The van der Waals surface area contributed by atoms with Crippen molar-refractivity contribution in [1.29, 1.82) is 0 Å². The van der Waals surface area contributed by atoms with E-state index in [1.54, 1.807) is 0 Å². The van der Waals surface area contributed by atoms with Gasteiger partial charge in [-0.25, -0.2) is 0 Å². The van der Waals surface area contributed by atoms with Crippen LogP contribution in [0.15, 0.2) is 96.7 Å². The van der Waals surface area contributed by atoms with Crippen LogP contribution in [0.1, 0.15) is 64.6 Å². The Balaban J connectivity index is 0.000000230. The molecule has 3 aliphatic rings. The normalized spacial score (nSPS) is 14.3. The minimum absolute atomic E-state index is 0. The van der Waals surface area contributed by atoms with E-state index in [0.29, 0.717) is 0 Å². The van der Waals surface area contributed by atoms with E-state index in [1.165, 1.54) is 22.6 Å². The van der Waals surface area contributed by atoms with Crippen LogP contribution in [0.3, 0.4) is 0 Å². The summed E-state index contributed by atoms with van der Waals surface area (Å²) < 4.78 is 6.20. The van der Waals surface area contributed by atoms with E-state index in [1.807, 2.05) is 64.2 Å². The number of aromatic nitrogens is 1. The molecule has 5 nitrogen and oxygen atoms in total. The molecule has 0 atom stereocenters. The molecule has 3 aromatic rings. The summed E-state index contributed by atoms with van der Waals surface area (Å²) in [5.74, 6) is 2.39. The number of fused-ring (bicyclic) bond motifs is 4. The molecule has 6 rings (SSSR count). The number of aliphatic hydroxyl groups is 1. The summed E-state index contributed by atoms with van der Waals surface area (Å²) in [7, 11) is 0. The standard InChI is InChI=1S/C23H14BN2O.C13H24O2.Ir/c1-2-9-21-19(7-1)24-23-16(6-5-10-22(23)27-21)14-18-12-11-17(15-26(18)24)20-8-3-4-13-25-20;1-5-10(6-2)12(14)9-13(15)11(7-3)8-4;/h1-10,12-15H;9-11,14H,5-8H2,1-4H3;/q-1;;/b;12-9-;. The number of carbonyl (C=O) groups excluding carboxylic acids is 1. The molecule has 43 heavy (non-hydrogen) atoms. The second-order valence-electron chi connectivity index (χ2n) is 10.8. The number of carbonyl (C=O) groups is 1. The topological polar surface area (TPSA) is 62.7 Å². The molecule has 0 amide bonds. The summed E-state index contributed by atoms with van der Waals surface area (Å²) in [6, 6.07) is 20.5. The van der Waals surface area contributed by atoms with Crippen LogP contribution in [0.25, 0.3) is 11.6 Å². The molecule has 223 valence electrons. The number of ether oxygens (including phenoxy) is 1. The predicted octanol–water partition coefficient (Wildman–Crippen LogP) is 7.23. The van der Waals surface area contributed by atoms with Crippen molar-refractivity contribution >= 4 is 35.2 Å². The third kappa shape index (κ3) is 6.79. The second-order valence-corrected chi connectivity index (χ2v) is 10.8. The number of aliphatic hydroxyl groups excluding tert-OH is 1. The first-order chi connectivity index (χ1) is 20.5. The first kappa shape index (κ1) is 32.3. The number of allylic oxidation sites excluding steroid dienone is 5. The number of pyridine rings is 1. The van der Waals surface area contributed by atoms with E-state index in [-0.39, 0.29) is 50.3 Å². The maximum absolute atomic E-state index is 11.7. The van der Waals surface area contributed by atoms with Gasteiger partial charge in [0.05, 0.1) is 5.76 Å². The van der Waals surface area contributed by atoms with E-state index in [4.69, 9.17) is 4.74 Å². The van der Waals surface area contributed by atoms with E-state index in [0.717, 1.165) is 54.1 Å². The van der Waals surface area contributed by atoms with Crippen LogP contribution in [0, 0.1) is 17.9 Å². The van der Waals surface area contributed by atoms with E-state index < -0.39 is 0 Å². The SMILES string of the molecule is CCC(CC)C(=O)/C=C(\O)C(CC)CC.[C-]1=CC2=Cc3cccc4c3B(c3ccccc3O4)N2C=C1c1ccccn1.[Ir]. The molecular formula is C36H38BIrN2O3-. The minimum Gasteiger partial charge on any atom is -0.512 e. The van der Waals surface area contributed by atoms with Gasteiger partial charge in [0.2, 0.25) is 0 Å². The van der Waals surface area contributed by atoms with Gasteiger partial charge in [0.15, 0.2) is 5.78 Å². The number of benzene rings is 2. The van der Waals surface area contributed by atoms with Gasteiger partial charge in [-0.05, 0) is 66.1 Å². The van der Waals surface area contributed by atoms with Crippen molar-refractivity contribution < 1.29 is 34.7 Å². The van der Waals surface area contributed by atoms with Crippen LogP contribution >= 0.6 is 0 Å². The maximum atomic E-state index is 11.7. The van der Waals surface area contributed by atoms with Gasteiger partial charge in [-0.2, -0.15) is 0 Å². The Morgan fingerprint density at radius 2 is 1.65 bits per heavy atom. The largest absolute Gasteiger partial charge is 0.512 e. The molecule has 0 fully saturated rings. The van der Waals surface area contributed by atoms with Crippen molar-refractivity contribution in [3.8, 4) is 11.5 Å². The molecule has 7 heteroatoms. The second kappa shape index (κ2) is 14.7. The van der Waals surface area contributed by atoms with Gasteiger partial charge >= 0.3 is 6.85 Å². The smallest absolute Gasteiger partial charge is 0.318 e. The van der Waals surface area contributed by atoms with Gasteiger partial charge in [-0.1, -0.05) is 88.1 Å². The summed E-state index contributed by atoms with van der Waals surface area (Å²) in [4.78, 5) is 18.5. The van der Waals surface area contributed by atoms with Crippen molar-refractivity contribution in [3.63, 3.8) is 0 Å². The average molecular weight is 750 g/mol. The van der Waals surface area contributed by atoms with Crippen LogP contribution in [0.2, 0.25) is 0 Å². The number of nitrogens with zero attached hydrogens (tertiary/aromatic N) is 2. The zero-order chi connectivity index (χ0) is 29.6. The van der Waals surface area contributed by atoms with E-state index in [2.05, 4.69) is 64.6 Å². The summed E-state index contributed by atoms with van der Waals surface area (Å²) in [6.07, 6.45) is 16.5. The number of ketones is 1. The molecule has 0 saturated carbocycles. The van der Waals surface area contributed by atoms with Crippen molar-refractivity contribution in [1.82, 2.24) is 9.79 Å². The Morgan fingerprint density at radius 1 is 0.953 bits per heavy atom. The van der Waals surface area contributed by atoms with Crippen molar-refractivity contribution in [2.24, 2.45) is 11.8 Å². The van der Waals surface area contributed by atoms with Gasteiger partial charge in [-0.3, -0.25) is 4.79 Å². The van der Waals surface area contributed by atoms with Crippen molar-refractivity contribution in [2.75, 3.05) is 0 Å². The molecule has 1 radical (unpaired) electrons. The quantitative estimate of drug-likeness (QED) is 0.114. The van der Waals surface area contributed by atoms with Crippen LogP contribution < -0.4 is 15.7 Å². The first-order valence-electron chi connectivity index (χ1n) is 15.1. The van der Waals surface area contributed by atoms with Crippen molar-refractivity contribution in [3.05, 3.63) is 114 Å². The van der Waals surface area contributed by atoms with E-state index in [9.17, 15) is 9.90 Å². The minimum atomic E-state index is 0. The predicted molar refractivity (Wildman–Crippen MR) is 172 cm³/mol. The molecule has 1 N–H and O–H groups in total. The zero-order valence-electron chi connectivity index (χ0n) is 25.2. The molecular weight excluding hydrogens is 711 g/mol. The maximum Gasteiger partial charge on any atom is 0.318 e. The summed E-state index contributed by atoms with van der Waals surface area (Å²) in [5, 5.41) is 9.76. The average Bonchev–Trinajstić information content (AvgIpc) is 3.02. The zero-order valence-corrected chi connectivity index (χ0v) is 27.6. The van der Waals surface area contributed by atoms with Crippen LogP contribution in [-0.4, -0.2) is 27.5 Å². The fourth-order valence-corrected chi connectivity index (χ4v) is 5.85. The van der Waals surface area contributed by atoms with Crippen molar-refractivity contribution in [2.45, 2.75) is 53.4 Å². The number of rotatable bonds is 8. The number of hydrogen-bond donors (Lipinski definition) is 1. The van der Waals surface area contributed by atoms with Gasteiger partial charge in [0, 0.05) is 44.2 Å². The monoisotopic (exact) mass is 750 g/mol. The molecule has 1 aromatic heterocycles. The number of hydrogen-bond acceptors (Lipinski definition) is 5. The Hall–Kier alpha value is -3.67.